The number of hydrogen-bond donors (Lipinski definition) is 1. The van der Waals surface area contributed by atoms with Gasteiger partial charge < -0.3 is 5.32 Å². The lowest BCUT2D eigenvalue weighted by Crippen LogP contribution is -2.36. The van der Waals surface area contributed by atoms with E-state index >= 15 is 0 Å². The molecule has 1 aromatic rings. The first-order chi connectivity index (χ1) is 7.88. The molecule has 1 aromatic carbocycles. The Hall–Kier alpha value is -0.240. The van der Waals surface area contributed by atoms with Crippen molar-refractivity contribution >= 4 is 23.2 Å². The highest BCUT2D eigenvalue weighted by Crippen LogP contribution is 2.22. The molecule has 1 nitrogen and oxygen atoms in total. The van der Waals surface area contributed by atoms with E-state index in [9.17, 15) is 0 Å². The first-order valence-electron chi connectivity index (χ1n) is 6.07. The van der Waals surface area contributed by atoms with Crippen LogP contribution in [0.5, 0.6) is 0 Å². The van der Waals surface area contributed by atoms with Crippen molar-refractivity contribution in [1.29, 1.82) is 0 Å². The fourth-order valence-electron chi connectivity index (χ4n) is 1.63. The molecule has 0 saturated carbocycles. The van der Waals surface area contributed by atoms with Gasteiger partial charge in [-0.05, 0) is 64.3 Å². The van der Waals surface area contributed by atoms with Crippen LogP contribution in [0.25, 0.3) is 0 Å². The molecule has 0 fully saturated rings. The second-order valence-electron chi connectivity index (χ2n) is 5.37. The number of unbranched alkanes of at least 4 members (excludes halogenated alkanes) is 1. The van der Waals surface area contributed by atoms with E-state index in [-0.39, 0.29) is 5.54 Å². The summed E-state index contributed by atoms with van der Waals surface area (Å²) in [5.74, 6) is 0. The predicted octanol–water partition coefficient (Wildman–Crippen LogP) is 4.70. The van der Waals surface area contributed by atoms with Gasteiger partial charge in [-0.15, -0.1) is 0 Å². The Morgan fingerprint density at radius 1 is 1.12 bits per heavy atom. The van der Waals surface area contributed by atoms with E-state index in [4.69, 9.17) is 23.2 Å². The predicted molar refractivity (Wildman–Crippen MR) is 77.2 cm³/mol. The van der Waals surface area contributed by atoms with E-state index in [1.165, 1.54) is 5.56 Å². The minimum Gasteiger partial charge on any atom is -0.312 e. The maximum atomic E-state index is 6.11. The van der Waals surface area contributed by atoms with Gasteiger partial charge in [0.2, 0.25) is 0 Å². The molecule has 0 aliphatic heterocycles. The molecule has 0 heterocycles. The lowest BCUT2D eigenvalue weighted by atomic mass is 10.1. The number of hydrogen-bond acceptors (Lipinski definition) is 1. The molecule has 0 bridgehead atoms. The molecule has 0 spiro atoms. The molecule has 0 aliphatic rings. The Morgan fingerprint density at radius 2 is 1.82 bits per heavy atom. The molecule has 0 aromatic heterocycles. The van der Waals surface area contributed by atoms with Crippen LogP contribution in [0.4, 0.5) is 0 Å². The maximum Gasteiger partial charge on any atom is 0.0452 e. The Morgan fingerprint density at radius 3 is 2.41 bits per heavy atom. The fourth-order valence-corrected chi connectivity index (χ4v) is 2.13. The molecule has 0 unspecified atom stereocenters. The van der Waals surface area contributed by atoms with Gasteiger partial charge in [0.15, 0.2) is 0 Å². The summed E-state index contributed by atoms with van der Waals surface area (Å²) in [5.41, 5.74) is 1.39. The Bertz CT molecular complexity index is 356. The Kier molecular flexibility index (Phi) is 5.78. The van der Waals surface area contributed by atoms with Crippen molar-refractivity contribution in [3.05, 3.63) is 33.8 Å². The van der Waals surface area contributed by atoms with Gasteiger partial charge in [-0.25, -0.2) is 0 Å². The largest absolute Gasteiger partial charge is 0.312 e. The molecule has 96 valence electrons. The van der Waals surface area contributed by atoms with Crippen molar-refractivity contribution in [3.63, 3.8) is 0 Å². The smallest absolute Gasteiger partial charge is 0.0452 e. The SMILES string of the molecule is CC(C)(C)NCCCCc1ccc(Cl)cc1Cl. The van der Waals surface area contributed by atoms with Gasteiger partial charge in [0.05, 0.1) is 0 Å². The second kappa shape index (κ2) is 6.63. The molecule has 0 saturated heterocycles. The van der Waals surface area contributed by atoms with E-state index in [2.05, 4.69) is 26.1 Å². The topological polar surface area (TPSA) is 12.0 Å². The highest BCUT2D eigenvalue weighted by atomic mass is 35.5. The van der Waals surface area contributed by atoms with E-state index in [1.54, 1.807) is 0 Å². The van der Waals surface area contributed by atoms with Crippen LogP contribution in [-0.4, -0.2) is 12.1 Å². The van der Waals surface area contributed by atoms with Gasteiger partial charge in [-0.3, -0.25) is 0 Å². The second-order valence-corrected chi connectivity index (χ2v) is 6.21. The summed E-state index contributed by atoms with van der Waals surface area (Å²) in [6.07, 6.45) is 3.32. The fraction of sp³-hybridized carbons (Fsp3) is 0.571. The minimum atomic E-state index is 0.206. The summed E-state index contributed by atoms with van der Waals surface area (Å²) < 4.78 is 0. The van der Waals surface area contributed by atoms with Crippen molar-refractivity contribution < 1.29 is 0 Å². The van der Waals surface area contributed by atoms with E-state index in [0.29, 0.717) is 5.02 Å². The molecule has 0 aliphatic carbocycles. The Balaban J connectivity index is 2.27. The molecule has 3 heteroatoms. The van der Waals surface area contributed by atoms with Crippen LogP contribution in [0.15, 0.2) is 18.2 Å². The number of nitrogens with one attached hydrogen (secondary N) is 1. The van der Waals surface area contributed by atoms with Crippen LogP contribution in [0.3, 0.4) is 0 Å². The summed E-state index contributed by atoms with van der Waals surface area (Å²) >= 11 is 12.0. The van der Waals surface area contributed by atoms with Gasteiger partial charge in [-0.2, -0.15) is 0 Å². The minimum absolute atomic E-state index is 0.206. The summed E-state index contributed by atoms with van der Waals surface area (Å²) in [5, 5.41) is 4.96. The first-order valence-corrected chi connectivity index (χ1v) is 6.83. The van der Waals surface area contributed by atoms with Gasteiger partial charge >= 0.3 is 0 Å². The highest BCUT2D eigenvalue weighted by molar-refractivity contribution is 6.35. The number of benzene rings is 1. The molecule has 17 heavy (non-hydrogen) atoms. The van der Waals surface area contributed by atoms with Crippen LogP contribution < -0.4 is 5.32 Å². The molecule has 0 atom stereocenters. The molecular weight excluding hydrogens is 253 g/mol. The number of halogens is 2. The van der Waals surface area contributed by atoms with Crippen molar-refractivity contribution in [3.8, 4) is 0 Å². The first kappa shape index (κ1) is 14.8. The summed E-state index contributed by atoms with van der Waals surface area (Å²) in [6, 6.07) is 5.73. The third kappa shape index (κ3) is 6.30. The zero-order valence-corrected chi connectivity index (χ0v) is 12.3. The van der Waals surface area contributed by atoms with E-state index in [1.807, 2.05) is 18.2 Å². The normalized spacial score (nSPS) is 11.8. The van der Waals surface area contributed by atoms with Crippen LogP contribution in [0.2, 0.25) is 10.0 Å². The average molecular weight is 274 g/mol. The molecule has 1 rings (SSSR count). The van der Waals surface area contributed by atoms with Crippen molar-refractivity contribution in [1.82, 2.24) is 5.32 Å². The summed E-state index contributed by atoms with van der Waals surface area (Å²) in [6.45, 7) is 7.60. The van der Waals surface area contributed by atoms with Crippen molar-refractivity contribution in [2.45, 2.75) is 45.6 Å². The standard InChI is InChI=1S/C14H21Cl2N/c1-14(2,3)17-9-5-4-6-11-7-8-12(15)10-13(11)16/h7-8,10,17H,4-6,9H2,1-3H3. The van der Waals surface area contributed by atoms with Gasteiger partial charge in [0, 0.05) is 15.6 Å². The molecule has 0 amide bonds. The summed E-state index contributed by atoms with van der Waals surface area (Å²) in [7, 11) is 0. The van der Waals surface area contributed by atoms with Crippen LogP contribution in [-0.2, 0) is 6.42 Å². The maximum absolute atomic E-state index is 6.11. The quantitative estimate of drug-likeness (QED) is 0.767. The lowest BCUT2D eigenvalue weighted by molar-refractivity contribution is 0.419. The zero-order valence-electron chi connectivity index (χ0n) is 10.8. The van der Waals surface area contributed by atoms with Gasteiger partial charge in [0.1, 0.15) is 0 Å². The van der Waals surface area contributed by atoms with Crippen molar-refractivity contribution in [2.75, 3.05) is 6.54 Å². The van der Waals surface area contributed by atoms with E-state index in [0.717, 1.165) is 30.8 Å². The molecular formula is C14H21Cl2N. The third-order valence-electron chi connectivity index (χ3n) is 2.54. The van der Waals surface area contributed by atoms with Crippen LogP contribution >= 0.6 is 23.2 Å². The third-order valence-corrected chi connectivity index (χ3v) is 3.13. The Labute approximate surface area is 115 Å². The van der Waals surface area contributed by atoms with Crippen LogP contribution in [0, 0.1) is 0 Å². The number of rotatable bonds is 5. The molecule has 1 N–H and O–H groups in total. The van der Waals surface area contributed by atoms with Crippen molar-refractivity contribution in [2.24, 2.45) is 0 Å². The van der Waals surface area contributed by atoms with E-state index < -0.39 is 0 Å². The zero-order chi connectivity index (χ0) is 12.9. The average Bonchev–Trinajstić information content (AvgIpc) is 2.18. The monoisotopic (exact) mass is 273 g/mol. The van der Waals surface area contributed by atoms with Gasteiger partial charge in [0.25, 0.3) is 0 Å². The number of aryl methyl sites for hydroxylation is 1. The lowest BCUT2D eigenvalue weighted by Gasteiger charge is -2.20. The van der Waals surface area contributed by atoms with Crippen LogP contribution in [0.1, 0.15) is 39.2 Å². The molecule has 0 radical (unpaired) electrons. The summed E-state index contributed by atoms with van der Waals surface area (Å²) in [4.78, 5) is 0. The highest BCUT2D eigenvalue weighted by Gasteiger charge is 2.07. The van der Waals surface area contributed by atoms with Gasteiger partial charge in [-0.1, -0.05) is 29.3 Å².